The standard InChI is InChI=1S/C15H10ClN3O2S.C8H6BrClO.C8H8N2O2S.C7H4N2O2S.C6H6N2O2.CCl2S.CH2O3.H3N.Na.H2O/c16-11-4-1-3-10(7-11)14-9-22-15(18-14)17-12-5-2-6-13(8-12)19(20)21;9-5-8(11)6-2-1-3-7(10)4-6;9-8(13)5-6-2-1-3-7(4-6)10(11)12;10-9(11)7-3-1-2-6(4-7)8-5-12;7-5-2-1-3-6(4-5)8(9)10;2-1(3)4;2-1-4-3;;;/h1-9H,(H,17,18);1-4H,5H2;1-4H,5H2,(H2,9,13);1-4H;1-4H,7H2;;1,3H;1H3;;1H2/q;;;;;;;;+1;/p-1. The number of alkyl halides is 1. The van der Waals surface area contributed by atoms with E-state index < -0.39 is 19.7 Å². The second-order valence-electron chi connectivity index (χ2n) is 13.4. The Morgan fingerprint density at radius 3 is 1.70 bits per heavy atom. The van der Waals surface area contributed by atoms with Crippen molar-refractivity contribution in [3.8, 4) is 11.3 Å². The maximum absolute atomic E-state index is 11.1. The summed E-state index contributed by atoms with van der Waals surface area (Å²) in [5, 5.41) is 59.3. The van der Waals surface area contributed by atoms with Crippen molar-refractivity contribution in [2.75, 3.05) is 16.4 Å². The smallest absolute Gasteiger partial charge is 0.662 e. The van der Waals surface area contributed by atoms with Gasteiger partial charge in [-0.1, -0.05) is 141 Å². The van der Waals surface area contributed by atoms with Crippen LogP contribution in [0.2, 0.25) is 10.0 Å². The molecule has 0 radical (unpaired) electrons. The number of anilines is 3. The Hall–Kier alpha value is -6.41. The molecule has 6 aromatic carbocycles. The molecule has 0 aliphatic carbocycles. The van der Waals surface area contributed by atoms with Gasteiger partial charge in [-0.3, -0.25) is 50.0 Å². The van der Waals surface area contributed by atoms with E-state index in [4.69, 9.17) is 80.1 Å². The summed E-state index contributed by atoms with van der Waals surface area (Å²) >= 11 is 38.8. The van der Waals surface area contributed by atoms with Crippen LogP contribution in [0.4, 0.5) is 44.9 Å². The maximum Gasteiger partial charge on any atom is 1.00 e. The number of nitrogens with one attached hydrogen (secondary N) is 1. The van der Waals surface area contributed by atoms with E-state index >= 15 is 0 Å². The second-order valence-corrected chi connectivity index (χ2v) is 18.2. The number of hydrogen-bond acceptors (Lipinski definition) is 21. The number of thiocarbonyl (C=S) groups is 3. The van der Waals surface area contributed by atoms with E-state index in [0.29, 0.717) is 54.5 Å². The first-order valence-electron chi connectivity index (χ1n) is 20.0. The Bertz CT molecular complexity index is 3150. The van der Waals surface area contributed by atoms with E-state index in [1.165, 1.54) is 59.9 Å². The first-order chi connectivity index (χ1) is 36.0. The van der Waals surface area contributed by atoms with E-state index in [1.54, 1.807) is 78.9 Å². The summed E-state index contributed by atoms with van der Waals surface area (Å²) in [6.07, 6.45) is 0.400. The van der Waals surface area contributed by atoms with Crippen LogP contribution >= 0.6 is 110 Å². The number of isothiocyanates is 1. The molecule has 412 valence electrons. The van der Waals surface area contributed by atoms with Crippen molar-refractivity contribution in [1.82, 2.24) is 11.1 Å². The summed E-state index contributed by atoms with van der Waals surface area (Å²) in [5.74, 6) is 0.0486. The Balaban J connectivity index is -0.000000900. The molecule has 1 aromatic heterocycles. The summed E-state index contributed by atoms with van der Waals surface area (Å²) < 4.78 is -0.0556. The van der Waals surface area contributed by atoms with Gasteiger partial charge in [-0.05, 0) is 60.2 Å². The molecule has 0 atom stereocenters. The van der Waals surface area contributed by atoms with Gasteiger partial charge in [0, 0.05) is 92.9 Å². The van der Waals surface area contributed by atoms with Gasteiger partial charge in [0.25, 0.3) is 29.2 Å². The van der Waals surface area contributed by atoms with Gasteiger partial charge >= 0.3 is 29.6 Å². The predicted octanol–water partition coefficient (Wildman–Crippen LogP) is 9.49. The Labute approximate surface area is 519 Å². The van der Waals surface area contributed by atoms with Gasteiger partial charge in [0.2, 0.25) is 0 Å². The van der Waals surface area contributed by atoms with Gasteiger partial charge in [-0.2, -0.15) is 4.99 Å². The summed E-state index contributed by atoms with van der Waals surface area (Å²) in [5.41, 5.74) is 15.4. The van der Waals surface area contributed by atoms with E-state index in [-0.39, 0.29) is 80.0 Å². The van der Waals surface area contributed by atoms with Crippen molar-refractivity contribution in [3.63, 3.8) is 0 Å². The molecule has 7 rings (SSSR count). The fraction of sp³-hybridized carbons (Fsp3) is 0.0435. The number of benzene rings is 6. The number of hydrogen-bond donors (Lipinski definition) is 4. The van der Waals surface area contributed by atoms with Gasteiger partial charge in [0.05, 0.1) is 46.6 Å². The number of rotatable bonds is 13. The molecular weight excluding hydrogens is 1270 g/mol. The number of ketones is 1. The number of halogens is 5. The Morgan fingerprint density at radius 2 is 1.23 bits per heavy atom. The van der Waals surface area contributed by atoms with Crippen molar-refractivity contribution < 1.29 is 74.5 Å². The molecule has 0 fully saturated rings. The molecule has 0 saturated carbocycles. The topological polar surface area (TPSA) is 395 Å². The van der Waals surface area contributed by atoms with Crippen LogP contribution in [0, 0.1) is 40.5 Å². The molecule has 7 aromatic rings. The molecule has 10 N–H and O–H groups in total. The number of nitrogens with zero attached hydrogens (tertiary/aromatic N) is 6. The second kappa shape index (κ2) is 43.5. The number of aliphatic imine (C=N–C) groups is 1. The number of aromatic nitrogens is 1. The molecule has 0 unspecified atom stereocenters. The van der Waals surface area contributed by atoms with Crippen molar-refractivity contribution in [1.29, 1.82) is 0 Å². The van der Waals surface area contributed by atoms with Crippen LogP contribution in [-0.4, -0.2) is 61.7 Å². The number of nitrogen functional groups attached to an aromatic ring is 1. The van der Waals surface area contributed by atoms with Crippen LogP contribution in [0.1, 0.15) is 15.9 Å². The van der Waals surface area contributed by atoms with Crippen molar-refractivity contribution >= 4 is 181 Å². The molecule has 33 heteroatoms. The van der Waals surface area contributed by atoms with Gasteiger partial charge in [0.1, 0.15) is 0 Å². The van der Waals surface area contributed by atoms with Gasteiger partial charge < -0.3 is 38.6 Å². The average Bonchev–Trinajstić information content (AvgIpc) is 3.85. The van der Waals surface area contributed by atoms with E-state index in [0.717, 1.165) is 16.8 Å². The third kappa shape index (κ3) is 34.3. The van der Waals surface area contributed by atoms with Crippen molar-refractivity contribution in [3.05, 3.63) is 213 Å². The van der Waals surface area contributed by atoms with Crippen LogP contribution in [0.15, 0.2) is 156 Å². The number of nitrogens with two attached hydrogens (primary N) is 2. The first kappa shape index (κ1) is 76.8. The molecule has 79 heavy (non-hydrogen) atoms. The maximum atomic E-state index is 11.1. The molecule has 0 aliphatic heterocycles. The molecule has 0 aliphatic rings. The minimum Gasteiger partial charge on any atom is -0.662 e. The number of thiazole rings is 1. The van der Waals surface area contributed by atoms with Gasteiger partial charge in [-0.25, -0.2) is 4.98 Å². The summed E-state index contributed by atoms with van der Waals surface area (Å²) in [6.45, 7) is -0.181. The third-order valence-corrected chi connectivity index (χ3v) is 10.0. The van der Waals surface area contributed by atoms with Crippen LogP contribution in [0.5, 0.6) is 0 Å². The summed E-state index contributed by atoms with van der Waals surface area (Å²) in [6, 6.07) is 38.7. The zero-order valence-corrected chi connectivity index (χ0v) is 50.3. The van der Waals surface area contributed by atoms with E-state index in [1.807, 2.05) is 23.6 Å². The van der Waals surface area contributed by atoms with Gasteiger partial charge in [-0.15, -0.1) is 11.3 Å². The number of non-ortho nitro benzene ring substituents is 4. The number of nitro groups is 4. The Morgan fingerprint density at radius 1 is 0.759 bits per heavy atom. The van der Waals surface area contributed by atoms with Gasteiger partial charge in [0.15, 0.2) is 14.7 Å². The van der Waals surface area contributed by atoms with E-state index in [9.17, 15) is 45.3 Å². The fourth-order valence-electron chi connectivity index (χ4n) is 5.02. The molecular formula is C46H40BrCl4N10NaO13S4. The van der Waals surface area contributed by atoms with Crippen molar-refractivity contribution in [2.45, 2.75) is 6.42 Å². The minimum atomic E-state index is -0.484. The summed E-state index contributed by atoms with van der Waals surface area (Å²) in [4.78, 5) is 70.4. The largest absolute Gasteiger partial charge is 1.00 e. The van der Waals surface area contributed by atoms with Crippen LogP contribution in [-0.2, 0) is 16.1 Å². The van der Waals surface area contributed by atoms with Crippen LogP contribution in [0.3, 0.4) is 0 Å². The monoisotopic (exact) mass is 1310 g/mol. The third-order valence-electron chi connectivity index (χ3n) is 8.04. The van der Waals surface area contributed by atoms with Crippen LogP contribution < -0.4 is 57.7 Å². The SMILES string of the molecule is N.NC(=S)Cc1cccc([N+](=O)[O-])c1.Nc1cccc([N+](=O)[O-])c1.O.O=C(CBr)c1cccc(Cl)c1.O=CO[O-].O=[N+]([O-])c1cccc(N=C=S)c1.O=[N+]([O-])c1cccc(Nc2nc(-c3cccc(Cl)c3)cs2)c1.S=C(Cl)Cl.[Na+]. The van der Waals surface area contributed by atoms with Crippen LogP contribution in [0.25, 0.3) is 11.3 Å². The predicted molar refractivity (Wildman–Crippen MR) is 317 cm³/mol. The quantitative estimate of drug-likeness (QED) is 0.00713. The molecule has 23 nitrogen and oxygen atoms in total. The number of nitro benzene ring substituents is 4. The first-order valence-corrected chi connectivity index (χ1v) is 24.8. The fourth-order valence-corrected chi connectivity index (χ4v) is 6.74. The molecule has 0 spiro atoms. The zero-order chi connectivity index (χ0) is 57.2. The zero-order valence-electron chi connectivity index (χ0n) is 40.4. The minimum absolute atomic E-state index is 0. The number of Topliss-reactive ketones (excluding diaryl/α,β-unsaturated/α-hetero) is 1. The number of carbonyl (C=O) groups excluding carboxylic acids is 2. The Kier molecular flexibility index (Phi) is 42.3. The molecule has 0 saturated heterocycles. The molecule has 1 heterocycles. The average molecular weight is 1310 g/mol. The summed E-state index contributed by atoms with van der Waals surface area (Å²) in [7, 11) is 0. The molecule has 0 amide bonds. The number of carbonyl (C=O) groups is 2. The van der Waals surface area contributed by atoms with Crippen molar-refractivity contribution in [2.24, 2.45) is 10.7 Å². The molecule has 0 bridgehead atoms. The normalized spacial score (nSPS) is 8.89. The van der Waals surface area contributed by atoms with E-state index in [2.05, 4.69) is 65.7 Å².